The van der Waals surface area contributed by atoms with Crippen LogP contribution in [0.25, 0.3) is 0 Å². The highest BCUT2D eigenvalue weighted by atomic mass is 79.9. The van der Waals surface area contributed by atoms with Crippen molar-refractivity contribution in [2.24, 2.45) is 5.73 Å². The summed E-state index contributed by atoms with van der Waals surface area (Å²) in [5.41, 5.74) is 5.81. The summed E-state index contributed by atoms with van der Waals surface area (Å²) in [6.45, 7) is 0.383. The predicted molar refractivity (Wildman–Crippen MR) is 62.3 cm³/mol. The molecule has 3 N–H and O–H groups in total. The molecule has 88 valence electrons. The van der Waals surface area contributed by atoms with Crippen LogP contribution >= 0.6 is 15.9 Å². The Morgan fingerprint density at radius 2 is 2.25 bits per heavy atom. The van der Waals surface area contributed by atoms with Gasteiger partial charge >= 0.3 is 0 Å². The quantitative estimate of drug-likeness (QED) is 0.898. The second kappa shape index (κ2) is 3.89. The van der Waals surface area contributed by atoms with E-state index in [-0.39, 0.29) is 22.7 Å². The van der Waals surface area contributed by atoms with Crippen LogP contribution in [-0.4, -0.2) is 18.8 Å². The van der Waals surface area contributed by atoms with E-state index in [4.69, 9.17) is 10.5 Å². The van der Waals surface area contributed by atoms with E-state index in [0.717, 1.165) is 12.8 Å². The third kappa shape index (κ3) is 1.58. The lowest BCUT2D eigenvalue weighted by Gasteiger charge is -2.18. The van der Waals surface area contributed by atoms with E-state index in [0.29, 0.717) is 16.6 Å². The summed E-state index contributed by atoms with van der Waals surface area (Å²) in [5, 5.41) is 9.81. The van der Waals surface area contributed by atoms with E-state index < -0.39 is 0 Å². The van der Waals surface area contributed by atoms with Crippen molar-refractivity contribution in [1.82, 2.24) is 0 Å². The zero-order chi connectivity index (χ0) is 11.9. The molecule has 2 rings (SSSR count). The Morgan fingerprint density at radius 3 is 2.69 bits per heavy atom. The van der Waals surface area contributed by atoms with Crippen LogP contribution in [0.15, 0.2) is 10.5 Å². The summed E-state index contributed by atoms with van der Waals surface area (Å²) in [4.78, 5) is 0. The van der Waals surface area contributed by atoms with Gasteiger partial charge in [0.05, 0.1) is 11.6 Å². The fourth-order valence-corrected chi connectivity index (χ4v) is 2.74. The highest BCUT2D eigenvalue weighted by molar-refractivity contribution is 9.10. The Morgan fingerprint density at radius 1 is 1.62 bits per heavy atom. The van der Waals surface area contributed by atoms with Gasteiger partial charge in [-0.05, 0) is 28.8 Å². The second-order valence-corrected chi connectivity index (χ2v) is 4.88. The number of hydrogen-bond donors (Lipinski definition) is 2. The maximum Gasteiger partial charge on any atom is 0.172 e. The average Bonchev–Trinajstić information content (AvgIpc) is 3.04. The van der Waals surface area contributed by atoms with E-state index >= 15 is 0 Å². The normalized spacial score (nSPS) is 17.2. The summed E-state index contributed by atoms with van der Waals surface area (Å²) in [6, 6.07) is 1.20. The number of methoxy groups -OCH3 is 1. The molecule has 16 heavy (non-hydrogen) atoms. The number of phenolic OH excluding ortho intramolecular Hbond substituents is 1. The van der Waals surface area contributed by atoms with E-state index in [1.807, 2.05) is 0 Å². The van der Waals surface area contributed by atoms with Gasteiger partial charge < -0.3 is 15.6 Å². The maximum absolute atomic E-state index is 13.9. The van der Waals surface area contributed by atoms with Crippen molar-refractivity contribution < 1.29 is 14.2 Å². The minimum Gasteiger partial charge on any atom is -0.503 e. The molecular weight excluding hydrogens is 277 g/mol. The van der Waals surface area contributed by atoms with Gasteiger partial charge in [-0.25, -0.2) is 4.39 Å². The third-order valence-electron chi connectivity index (χ3n) is 3.15. The SMILES string of the molecule is COc1cc(F)c(C2(CN)CC2)c(Br)c1O. The molecule has 0 saturated heterocycles. The van der Waals surface area contributed by atoms with Gasteiger partial charge in [-0.3, -0.25) is 0 Å². The van der Waals surface area contributed by atoms with Crippen LogP contribution in [0.2, 0.25) is 0 Å². The first-order valence-corrected chi connectivity index (χ1v) is 5.80. The standard InChI is InChI=1S/C11H13BrFNO2/c1-16-7-4-6(13)8(9(12)10(7)15)11(5-14)2-3-11/h4,15H,2-3,5,14H2,1H3. The van der Waals surface area contributed by atoms with Crippen molar-refractivity contribution in [2.75, 3.05) is 13.7 Å². The second-order valence-electron chi connectivity index (χ2n) is 4.08. The highest BCUT2D eigenvalue weighted by Gasteiger charge is 2.47. The predicted octanol–water partition coefficient (Wildman–Crippen LogP) is 2.29. The van der Waals surface area contributed by atoms with Crippen molar-refractivity contribution in [2.45, 2.75) is 18.3 Å². The fourth-order valence-electron chi connectivity index (χ4n) is 1.94. The molecule has 0 aliphatic heterocycles. The van der Waals surface area contributed by atoms with Crippen LogP contribution in [0.1, 0.15) is 18.4 Å². The molecule has 0 unspecified atom stereocenters. The Hall–Kier alpha value is -0.810. The molecule has 3 nitrogen and oxygen atoms in total. The Balaban J connectivity index is 2.59. The third-order valence-corrected chi connectivity index (χ3v) is 3.92. The molecule has 1 fully saturated rings. The Bertz CT molecular complexity index is 432. The first kappa shape index (κ1) is 11.7. The van der Waals surface area contributed by atoms with Crippen LogP contribution in [0.4, 0.5) is 4.39 Å². The molecular formula is C11H13BrFNO2. The molecule has 1 aliphatic carbocycles. The molecule has 0 radical (unpaired) electrons. The Labute approximate surface area is 102 Å². The monoisotopic (exact) mass is 289 g/mol. The van der Waals surface area contributed by atoms with Gasteiger partial charge in [0, 0.05) is 23.6 Å². The molecule has 0 atom stereocenters. The number of hydrogen-bond acceptors (Lipinski definition) is 3. The number of rotatable bonds is 3. The summed E-state index contributed by atoms with van der Waals surface area (Å²) >= 11 is 3.21. The van der Waals surface area contributed by atoms with Gasteiger partial charge in [0.1, 0.15) is 5.82 Å². The Kier molecular flexibility index (Phi) is 2.84. The van der Waals surface area contributed by atoms with Crippen LogP contribution in [0.5, 0.6) is 11.5 Å². The molecule has 0 bridgehead atoms. The van der Waals surface area contributed by atoms with Gasteiger partial charge in [-0.1, -0.05) is 0 Å². The largest absolute Gasteiger partial charge is 0.503 e. The van der Waals surface area contributed by atoms with E-state index in [2.05, 4.69) is 15.9 Å². The van der Waals surface area contributed by atoms with Crippen molar-refractivity contribution in [3.05, 3.63) is 21.9 Å². The van der Waals surface area contributed by atoms with Crippen molar-refractivity contribution >= 4 is 15.9 Å². The van der Waals surface area contributed by atoms with Gasteiger partial charge in [-0.15, -0.1) is 0 Å². The van der Waals surface area contributed by atoms with Crippen molar-refractivity contribution in [3.8, 4) is 11.5 Å². The summed E-state index contributed by atoms with van der Waals surface area (Å²) < 4.78 is 19.2. The number of ether oxygens (including phenoxy) is 1. The molecule has 1 aromatic rings. The lowest BCUT2D eigenvalue weighted by molar-refractivity contribution is 0.366. The van der Waals surface area contributed by atoms with Crippen LogP contribution < -0.4 is 10.5 Å². The molecule has 1 saturated carbocycles. The van der Waals surface area contributed by atoms with Gasteiger partial charge in [-0.2, -0.15) is 0 Å². The maximum atomic E-state index is 13.9. The van der Waals surface area contributed by atoms with Crippen LogP contribution in [-0.2, 0) is 5.41 Å². The first-order valence-electron chi connectivity index (χ1n) is 5.01. The molecule has 0 aromatic heterocycles. The minimum absolute atomic E-state index is 0.0707. The molecule has 0 heterocycles. The minimum atomic E-state index is -0.385. The van der Waals surface area contributed by atoms with E-state index in [1.54, 1.807) is 0 Å². The number of halogens is 2. The lowest BCUT2D eigenvalue weighted by Crippen LogP contribution is -2.21. The molecule has 5 heteroatoms. The summed E-state index contributed by atoms with van der Waals surface area (Å²) in [5.74, 6) is -0.330. The van der Waals surface area contributed by atoms with Crippen LogP contribution in [0.3, 0.4) is 0 Å². The zero-order valence-corrected chi connectivity index (χ0v) is 10.5. The smallest absolute Gasteiger partial charge is 0.172 e. The molecule has 1 aromatic carbocycles. The average molecular weight is 290 g/mol. The number of aromatic hydroxyl groups is 1. The van der Waals surface area contributed by atoms with Gasteiger partial charge in [0.2, 0.25) is 0 Å². The van der Waals surface area contributed by atoms with Crippen LogP contribution in [0, 0.1) is 5.82 Å². The molecule has 0 spiro atoms. The zero-order valence-electron chi connectivity index (χ0n) is 8.89. The number of phenols is 1. The summed E-state index contributed by atoms with van der Waals surface area (Å²) in [6.07, 6.45) is 1.70. The topological polar surface area (TPSA) is 55.5 Å². The molecule has 0 amide bonds. The lowest BCUT2D eigenvalue weighted by atomic mass is 9.95. The number of nitrogens with two attached hydrogens (primary N) is 1. The summed E-state index contributed by atoms with van der Waals surface area (Å²) in [7, 11) is 1.39. The van der Waals surface area contributed by atoms with E-state index in [1.165, 1.54) is 13.2 Å². The molecule has 1 aliphatic rings. The highest BCUT2D eigenvalue weighted by Crippen LogP contribution is 2.53. The van der Waals surface area contributed by atoms with Crippen molar-refractivity contribution in [1.29, 1.82) is 0 Å². The number of benzene rings is 1. The van der Waals surface area contributed by atoms with E-state index in [9.17, 15) is 9.50 Å². The van der Waals surface area contributed by atoms with Crippen molar-refractivity contribution in [3.63, 3.8) is 0 Å². The van der Waals surface area contributed by atoms with Gasteiger partial charge in [0.15, 0.2) is 11.5 Å². The first-order chi connectivity index (χ1) is 7.55. The fraction of sp³-hybridized carbons (Fsp3) is 0.455. The van der Waals surface area contributed by atoms with Gasteiger partial charge in [0.25, 0.3) is 0 Å².